The van der Waals surface area contributed by atoms with Gasteiger partial charge in [-0.3, -0.25) is 4.79 Å². The van der Waals surface area contributed by atoms with Crippen LogP contribution < -0.4 is 5.73 Å². The van der Waals surface area contributed by atoms with Gasteiger partial charge < -0.3 is 10.6 Å². The summed E-state index contributed by atoms with van der Waals surface area (Å²) >= 11 is 0. The Labute approximate surface area is 147 Å². The monoisotopic (exact) mass is 352 g/mol. The zero-order valence-electron chi connectivity index (χ0n) is 13.6. The second-order valence-electron chi connectivity index (χ2n) is 5.90. The van der Waals surface area contributed by atoms with Crippen LogP contribution in [0.5, 0.6) is 0 Å². The van der Waals surface area contributed by atoms with Gasteiger partial charge in [-0.1, -0.05) is 6.92 Å². The zero-order valence-corrected chi connectivity index (χ0v) is 14.4. The van der Waals surface area contributed by atoms with E-state index in [1.807, 2.05) is 6.92 Å². The minimum absolute atomic E-state index is 0. The number of nitrogens with two attached hydrogens (primary N) is 1. The summed E-state index contributed by atoms with van der Waals surface area (Å²) in [4.78, 5) is 14.6. The number of carbonyl (C=O) groups is 1. The van der Waals surface area contributed by atoms with E-state index in [4.69, 9.17) is 5.73 Å². The number of likely N-dealkylation sites (tertiary alicyclic amines) is 1. The first-order chi connectivity index (χ1) is 11.1. The first-order valence-corrected chi connectivity index (χ1v) is 7.98. The molecule has 5 nitrogen and oxygen atoms in total. The minimum atomic E-state index is -0.294. The van der Waals surface area contributed by atoms with E-state index in [1.54, 1.807) is 27.9 Å². The molecule has 3 rings (SSSR count). The molecule has 0 saturated carbocycles. The fourth-order valence-corrected chi connectivity index (χ4v) is 3.06. The molecule has 2 N–H and O–H groups in total. The van der Waals surface area contributed by atoms with E-state index >= 15 is 0 Å². The van der Waals surface area contributed by atoms with Crippen molar-refractivity contribution in [2.75, 3.05) is 13.1 Å². The Bertz CT molecular complexity index is 701. The number of hydrogen-bond acceptors (Lipinski definition) is 3. The zero-order chi connectivity index (χ0) is 16.4. The topological polar surface area (TPSA) is 64.2 Å². The summed E-state index contributed by atoms with van der Waals surface area (Å²) in [6.07, 6.45) is 4.16. The van der Waals surface area contributed by atoms with Crippen LogP contribution in [0.25, 0.3) is 5.69 Å². The number of piperidine rings is 1. The molecule has 2 aromatic rings. The van der Waals surface area contributed by atoms with Gasteiger partial charge in [0.1, 0.15) is 5.82 Å². The standard InChI is InChI=1S/C17H21FN4O.ClH/c1-2-16-15(17(23)21-9-3-4-13(19)11-21)10-20-22(16)14-7-5-12(18)6-8-14;/h5-8,10,13H,2-4,9,11,19H2,1H3;1H. The lowest BCUT2D eigenvalue weighted by Crippen LogP contribution is -2.45. The van der Waals surface area contributed by atoms with Crippen molar-refractivity contribution in [1.82, 2.24) is 14.7 Å². The molecule has 0 aliphatic carbocycles. The van der Waals surface area contributed by atoms with Crippen molar-refractivity contribution in [2.24, 2.45) is 5.73 Å². The van der Waals surface area contributed by atoms with Crippen LogP contribution >= 0.6 is 12.4 Å². The highest BCUT2D eigenvalue weighted by atomic mass is 35.5. The van der Waals surface area contributed by atoms with E-state index in [2.05, 4.69) is 5.10 Å². The fourth-order valence-electron chi connectivity index (χ4n) is 3.06. The minimum Gasteiger partial charge on any atom is -0.337 e. The predicted octanol–water partition coefficient (Wildman–Crippen LogP) is 2.56. The number of amides is 1. The quantitative estimate of drug-likeness (QED) is 0.923. The van der Waals surface area contributed by atoms with Crippen molar-refractivity contribution >= 4 is 18.3 Å². The van der Waals surface area contributed by atoms with Crippen LogP contribution in [0, 0.1) is 5.82 Å². The van der Waals surface area contributed by atoms with Crippen LogP contribution in [0.3, 0.4) is 0 Å². The fraction of sp³-hybridized carbons (Fsp3) is 0.412. The van der Waals surface area contributed by atoms with Crippen LogP contribution in [-0.4, -0.2) is 39.7 Å². The number of aromatic nitrogens is 2. The van der Waals surface area contributed by atoms with E-state index in [0.717, 1.165) is 30.8 Å². The number of halogens is 2. The molecule has 1 atom stereocenters. The molecular weight excluding hydrogens is 331 g/mol. The molecular formula is C17H22ClFN4O. The second-order valence-corrected chi connectivity index (χ2v) is 5.90. The maximum Gasteiger partial charge on any atom is 0.257 e. The molecule has 1 aliphatic rings. The predicted molar refractivity (Wildman–Crippen MR) is 93.3 cm³/mol. The Hall–Kier alpha value is -1.92. The molecule has 1 aliphatic heterocycles. The van der Waals surface area contributed by atoms with Gasteiger partial charge in [-0.15, -0.1) is 12.4 Å². The number of hydrogen-bond donors (Lipinski definition) is 1. The average Bonchev–Trinajstić information content (AvgIpc) is 2.98. The molecule has 0 spiro atoms. The molecule has 2 heterocycles. The van der Waals surface area contributed by atoms with E-state index in [0.29, 0.717) is 18.5 Å². The Morgan fingerprint density at radius 2 is 2.08 bits per heavy atom. The molecule has 1 unspecified atom stereocenters. The summed E-state index contributed by atoms with van der Waals surface area (Å²) in [5, 5.41) is 4.34. The summed E-state index contributed by atoms with van der Waals surface area (Å²) in [5.74, 6) is -0.317. The van der Waals surface area contributed by atoms with E-state index < -0.39 is 0 Å². The van der Waals surface area contributed by atoms with Crippen LogP contribution in [0.1, 0.15) is 35.8 Å². The van der Waals surface area contributed by atoms with Crippen LogP contribution in [0.15, 0.2) is 30.5 Å². The molecule has 1 amide bonds. The number of rotatable bonds is 3. The molecule has 1 fully saturated rings. The van der Waals surface area contributed by atoms with Crippen molar-refractivity contribution in [2.45, 2.75) is 32.2 Å². The largest absolute Gasteiger partial charge is 0.337 e. The van der Waals surface area contributed by atoms with Gasteiger partial charge in [0.05, 0.1) is 23.1 Å². The third-order valence-electron chi connectivity index (χ3n) is 4.25. The SMILES string of the molecule is CCc1c(C(=O)N2CCCC(N)C2)cnn1-c1ccc(F)cc1.Cl. The van der Waals surface area contributed by atoms with Crippen molar-refractivity contribution < 1.29 is 9.18 Å². The van der Waals surface area contributed by atoms with Gasteiger partial charge in [-0.25, -0.2) is 9.07 Å². The number of nitrogens with zero attached hydrogens (tertiary/aromatic N) is 3. The molecule has 1 aromatic heterocycles. The maximum absolute atomic E-state index is 13.1. The average molecular weight is 353 g/mol. The summed E-state index contributed by atoms with van der Waals surface area (Å²) in [5.41, 5.74) is 8.16. The van der Waals surface area contributed by atoms with E-state index in [-0.39, 0.29) is 30.2 Å². The van der Waals surface area contributed by atoms with Gasteiger partial charge in [0.15, 0.2) is 0 Å². The third-order valence-corrected chi connectivity index (χ3v) is 4.25. The molecule has 24 heavy (non-hydrogen) atoms. The van der Waals surface area contributed by atoms with Gasteiger partial charge in [0.2, 0.25) is 0 Å². The first kappa shape index (κ1) is 18.4. The van der Waals surface area contributed by atoms with Crippen molar-refractivity contribution in [1.29, 1.82) is 0 Å². The van der Waals surface area contributed by atoms with Gasteiger partial charge in [0, 0.05) is 19.1 Å². The first-order valence-electron chi connectivity index (χ1n) is 7.98. The molecule has 0 radical (unpaired) electrons. The normalized spacial score (nSPS) is 17.5. The molecule has 0 bridgehead atoms. The lowest BCUT2D eigenvalue weighted by molar-refractivity contribution is 0.0707. The Morgan fingerprint density at radius 3 is 2.71 bits per heavy atom. The number of carbonyl (C=O) groups excluding carboxylic acids is 1. The Kier molecular flexibility index (Phi) is 5.96. The van der Waals surface area contributed by atoms with Crippen molar-refractivity contribution in [3.8, 4) is 5.69 Å². The lowest BCUT2D eigenvalue weighted by Gasteiger charge is -2.30. The molecule has 7 heteroatoms. The second kappa shape index (κ2) is 7.77. The summed E-state index contributed by atoms with van der Waals surface area (Å²) in [6, 6.07) is 6.15. The highest BCUT2D eigenvalue weighted by Crippen LogP contribution is 2.19. The molecule has 1 saturated heterocycles. The smallest absolute Gasteiger partial charge is 0.257 e. The van der Waals surface area contributed by atoms with Crippen molar-refractivity contribution in [3.05, 3.63) is 47.5 Å². The van der Waals surface area contributed by atoms with E-state index in [9.17, 15) is 9.18 Å². The van der Waals surface area contributed by atoms with Crippen molar-refractivity contribution in [3.63, 3.8) is 0 Å². The summed E-state index contributed by atoms with van der Waals surface area (Å²) < 4.78 is 14.8. The van der Waals surface area contributed by atoms with Crippen LogP contribution in [-0.2, 0) is 6.42 Å². The maximum atomic E-state index is 13.1. The Balaban J connectivity index is 0.00000208. The highest BCUT2D eigenvalue weighted by Gasteiger charge is 2.26. The van der Waals surface area contributed by atoms with Gasteiger partial charge in [-0.05, 0) is 43.5 Å². The van der Waals surface area contributed by atoms with Gasteiger partial charge >= 0.3 is 0 Å². The van der Waals surface area contributed by atoms with Gasteiger partial charge in [-0.2, -0.15) is 5.10 Å². The summed E-state index contributed by atoms with van der Waals surface area (Å²) in [7, 11) is 0. The van der Waals surface area contributed by atoms with Gasteiger partial charge in [0.25, 0.3) is 5.91 Å². The molecule has 1 aromatic carbocycles. The molecule has 130 valence electrons. The summed E-state index contributed by atoms with van der Waals surface area (Å²) in [6.45, 7) is 3.30. The van der Waals surface area contributed by atoms with E-state index in [1.165, 1.54) is 12.1 Å². The Morgan fingerprint density at radius 1 is 1.38 bits per heavy atom. The number of benzene rings is 1. The lowest BCUT2D eigenvalue weighted by atomic mass is 10.1. The van der Waals surface area contributed by atoms with Crippen LogP contribution in [0.4, 0.5) is 4.39 Å². The highest BCUT2D eigenvalue weighted by molar-refractivity contribution is 5.95. The third kappa shape index (κ3) is 3.60. The van der Waals surface area contributed by atoms with Crippen LogP contribution in [0.2, 0.25) is 0 Å².